The quantitative estimate of drug-likeness (QED) is 0.706. The Balaban J connectivity index is 1.92. The van der Waals surface area contributed by atoms with Crippen LogP contribution in [-0.4, -0.2) is 23.5 Å². The minimum atomic E-state index is 0.0805. The normalized spacial score (nSPS) is 15.4. The van der Waals surface area contributed by atoms with Gasteiger partial charge < -0.3 is 10.4 Å². The number of hydrogen-bond donors (Lipinski definition) is 2. The molecule has 0 amide bonds. The molecule has 0 radical (unpaired) electrons. The van der Waals surface area contributed by atoms with E-state index in [1.165, 1.54) is 25.0 Å². The van der Waals surface area contributed by atoms with Gasteiger partial charge in [0.25, 0.3) is 0 Å². The van der Waals surface area contributed by atoms with E-state index in [-0.39, 0.29) is 11.5 Å². The first-order valence-electron chi connectivity index (χ1n) is 4.81. The smallest absolute Gasteiger partial charge is 0.176 e. The van der Waals surface area contributed by atoms with Crippen molar-refractivity contribution in [1.29, 1.82) is 0 Å². The zero-order valence-electron chi connectivity index (χ0n) is 7.86. The molecule has 2 N–H and O–H groups in total. The van der Waals surface area contributed by atoms with Gasteiger partial charge in [0.1, 0.15) is 5.75 Å². The lowest BCUT2D eigenvalue weighted by molar-refractivity contribution is 0.0990. The summed E-state index contributed by atoms with van der Waals surface area (Å²) in [5.41, 5.74) is 0.649. The van der Waals surface area contributed by atoms with Crippen LogP contribution in [0.1, 0.15) is 23.2 Å². The van der Waals surface area contributed by atoms with E-state index in [0.29, 0.717) is 18.2 Å². The van der Waals surface area contributed by atoms with Gasteiger partial charge in [-0.05, 0) is 37.1 Å². The molecule has 0 saturated heterocycles. The van der Waals surface area contributed by atoms with Crippen molar-refractivity contribution in [3.05, 3.63) is 29.8 Å². The third kappa shape index (κ3) is 2.33. The predicted octanol–water partition coefficient (Wildman–Crippen LogP) is 1.33. The summed E-state index contributed by atoms with van der Waals surface area (Å²) in [7, 11) is 0. The number of Topliss-reactive ketones (excluding diaryl/α,β-unsaturated/α-hetero) is 1. The van der Waals surface area contributed by atoms with E-state index in [4.69, 9.17) is 5.11 Å². The average molecular weight is 191 g/mol. The van der Waals surface area contributed by atoms with Crippen molar-refractivity contribution in [3.8, 4) is 5.75 Å². The molecule has 3 heteroatoms. The molecule has 0 aromatic heterocycles. The SMILES string of the molecule is O=C(CNC1CC1)c1ccc(O)cc1. The maximum atomic E-state index is 11.5. The fourth-order valence-corrected chi connectivity index (χ4v) is 1.27. The molecular formula is C11H13NO2. The van der Waals surface area contributed by atoms with Gasteiger partial charge in [0.15, 0.2) is 5.78 Å². The monoisotopic (exact) mass is 191 g/mol. The van der Waals surface area contributed by atoms with Crippen LogP contribution in [0.25, 0.3) is 0 Å². The molecule has 1 fully saturated rings. The summed E-state index contributed by atoms with van der Waals surface area (Å²) >= 11 is 0. The summed E-state index contributed by atoms with van der Waals surface area (Å²) in [5.74, 6) is 0.272. The second kappa shape index (κ2) is 3.80. The fraction of sp³-hybridized carbons (Fsp3) is 0.364. The zero-order chi connectivity index (χ0) is 9.97. The topological polar surface area (TPSA) is 49.3 Å². The lowest BCUT2D eigenvalue weighted by Crippen LogP contribution is -2.24. The summed E-state index contributed by atoms with van der Waals surface area (Å²) < 4.78 is 0. The van der Waals surface area contributed by atoms with Gasteiger partial charge in [-0.15, -0.1) is 0 Å². The Morgan fingerprint density at radius 3 is 2.57 bits per heavy atom. The number of aromatic hydroxyl groups is 1. The number of carbonyl (C=O) groups excluding carboxylic acids is 1. The molecule has 1 aromatic rings. The molecule has 0 aliphatic heterocycles. The second-order valence-corrected chi connectivity index (χ2v) is 3.63. The van der Waals surface area contributed by atoms with E-state index in [1.807, 2.05) is 0 Å². The number of hydrogen-bond acceptors (Lipinski definition) is 3. The van der Waals surface area contributed by atoms with Crippen molar-refractivity contribution in [2.75, 3.05) is 6.54 Å². The lowest BCUT2D eigenvalue weighted by atomic mass is 10.1. The van der Waals surface area contributed by atoms with E-state index >= 15 is 0 Å². The van der Waals surface area contributed by atoms with E-state index < -0.39 is 0 Å². The van der Waals surface area contributed by atoms with Gasteiger partial charge in [-0.3, -0.25) is 4.79 Å². The van der Waals surface area contributed by atoms with Crippen molar-refractivity contribution in [2.45, 2.75) is 18.9 Å². The van der Waals surface area contributed by atoms with E-state index in [9.17, 15) is 4.79 Å². The number of rotatable bonds is 4. The number of benzene rings is 1. The fourth-order valence-electron chi connectivity index (χ4n) is 1.27. The van der Waals surface area contributed by atoms with Gasteiger partial charge in [-0.1, -0.05) is 0 Å². The highest BCUT2D eigenvalue weighted by molar-refractivity contribution is 5.97. The summed E-state index contributed by atoms with van der Waals surface area (Å²) in [4.78, 5) is 11.5. The number of ketones is 1. The van der Waals surface area contributed by atoms with Crippen LogP contribution in [0.3, 0.4) is 0 Å². The third-order valence-electron chi connectivity index (χ3n) is 2.32. The molecule has 14 heavy (non-hydrogen) atoms. The number of phenolic OH excluding ortho intramolecular Hbond substituents is 1. The van der Waals surface area contributed by atoms with Crippen LogP contribution >= 0.6 is 0 Å². The highest BCUT2D eigenvalue weighted by Gasteiger charge is 2.21. The Labute approximate surface area is 82.8 Å². The molecule has 74 valence electrons. The standard InChI is InChI=1S/C11H13NO2/c13-10-5-1-8(2-6-10)11(14)7-12-9-3-4-9/h1-2,5-6,9,12-13H,3-4,7H2. The first-order valence-corrected chi connectivity index (χ1v) is 4.81. The second-order valence-electron chi connectivity index (χ2n) is 3.63. The Hall–Kier alpha value is -1.35. The van der Waals surface area contributed by atoms with Gasteiger partial charge in [-0.2, -0.15) is 0 Å². The Morgan fingerprint density at radius 1 is 1.36 bits per heavy atom. The molecular weight excluding hydrogens is 178 g/mol. The molecule has 0 atom stereocenters. The molecule has 2 rings (SSSR count). The molecule has 1 aliphatic carbocycles. The summed E-state index contributed by atoms with van der Waals surface area (Å²) in [6.07, 6.45) is 2.37. The summed E-state index contributed by atoms with van der Waals surface area (Å²) in [6, 6.07) is 6.91. The van der Waals surface area contributed by atoms with Crippen LogP contribution in [0.2, 0.25) is 0 Å². The first kappa shape index (κ1) is 9.21. The molecule has 0 heterocycles. The highest BCUT2D eigenvalue weighted by atomic mass is 16.3. The number of carbonyl (C=O) groups is 1. The van der Waals surface area contributed by atoms with E-state index in [0.717, 1.165) is 0 Å². The van der Waals surface area contributed by atoms with Crippen LogP contribution < -0.4 is 5.32 Å². The Bertz CT molecular complexity index is 328. The van der Waals surface area contributed by atoms with E-state index in [2.05, 4.69) is 5.32 Å². The zero-order valence-corrected chi connectivity index (χ0v) is 7.86. The number of nitrogens with one attached hydrogen (secondary N) is 1. The number of phenols is 1. The average Bonchev–Trinajstić information content (AvgIpc) is 2.99. The molecule has 1 aliphatic rings. The third-order valence-corrected chi connectivity index (χ3v) is 2.32. The molecule has 1 saturated carbocycles. The highest BCUT2D eigenvalue weighted by Crippen LogP contribution is 2.18. The van der Waals surface area contributed by atoms with Crippen molar-refractivity contribution in [2.24, 2.45) is 0 Å². The van der Waals surface area contributed by atoms with Crippen LogP contribution in [0.5, 0.6) is 5.75 Å². The van der Waals surface area contributed by atoms with E-state index in [1.54, 1.807) is 12.1 Å². The van der Waals surface area contributed by atoms with Crippen LogP contribution in [0.15, 0.2) is 24.3 Å². The Morgan fingerprint density at radius 2 is 2.00 bits per heavy atom. The lowest BCUT2D eigenvalue weighted by Gasteiger charge is -2.02. The van der Waals surface area contributed by atoms with Crippen molar-refractivity contribution in [3.63, 3.8) is 0 Å². The molecule has 0 unspecified atom stereocenters. The largest absolute Gasteiger partial charge is 0.508 e. The van der Waals surface area contributed by atoms with Gasteiger partial charge in [0.2, 0.25) is 0 Å². The van der Waals surface area contributed by atoms with Gasteiger partial charge in [0.05, 0.1) is 6.54 Å². The Kier molecular flexibility index (Phi) is 2.50. The van der Waals surface area contributed by atoms with Crippen LogP contribution in [-0.2, 0) is 0 Å². The van der Waals surface area contributed by atoms with Gasteiger partial charge >= 0.3 is 0 Å². The maximum absolute atomic E-state index is 11.5. The predicted molar refractivity (Wildman–Crippen MR) is 53.5 cm³/mol. The van der Waals surface area contributed by atoms with Crippen LogP contribution in [0.4, 0.5) is 0 Å². The van der Waals surface area contributed by atoms with Crippen molar-refractivity contribution >= 4 is 5.78 Å². The van der Waals surface area contributed by atoms with Gasteiger partial charge in [-0.25, -0.2) is 0 Å². The van der Waals surface area contributed by atoms with Gasteiger partial charge in [0, 0.05) is 11.6 Å². The van der Waals surface area contributed by atoms with Crippen molar-refractivity contribution < 1.29 is 9.90 Å². The van der Waals surface area contributed by atoms with Crippen molar-refractivity contribution in [1.82, 2.24) is 5.32 Å². The minimum absolute atomic E-state index is 0.0805. The first-order chi connectivity index (χ1) is 6.75. The molecule has 3 nitrogen and oxygen atoms in total. The molecule has 1 aromatic carbocycles. The summed E-state index contributed by atoms with van der Waals surface area (Å²) in [6.45, 7) is 0.398. The molecule has 0 spiro atoms. The maximum Gasteiger partial charge on any atom is 0.176 e. The minimum Gasteiger partial charge on any atom is -0.508 e. The molecule has 0 bridgehead atoms. The van der Waals surface area contributed by atoms with Crippen LogP contribution in [0, 0.1) is 0 Å². The summed E-state index contributed by atoms with van der Waals surface area (Å²) in [5, 5.41) is 12.2.